The van der Waals surface area contributed by atoms with Gasteiger partial charge in [-0.3, -0.25) is 4.79 Å². The van der Waals surface area contributed by atoms with Gasteiger partial charge in [-0.05, 0) is 57.6 Å². The summed E-state index contributed by atoms with van der Waals surface area (Å²) in [7, 11) is 0. The summed E-state index contributed by atoms with van der Waals surface area (Å²) in [6.45, 7) is 8.05. The molecule has 0 bridgehead atoms. The van der Waals surface area contributed by atoms with E-state index in [9.17, 15) is 4.79 Å². The van der Waals surface area contributed by atoms with Crippen molar-refractivity contribution in [1.29, 1.82) is 0 Å². The molecule has 0 aliphatic carbocycles. The van der Waals surface area contributed by atoms with Crippen molar-refractivity contribution in [1.82, 2.24) is 14.5 Å². The Hall–Kier alpha value is -2.10. The number of amides is 1. The quantitative estimate of drug-likeness (QED) is 0.830. The van der Waals surface area contributed by atoms with Gasteiger partial charge >= 0.3 is 0 Å². The highest BCUT2D eigenvalue weighted by molar-refractivity contribution is 5.79. The molecule has 2 heterocycles. The van der Waals surface area contributed by atoms with Crippen LogP contribution >= 0.6 is 0 Å². The van der Waals surface area contributed by atoms with Crippen molar-refractivity contribution < 1.29 is 4.79 Å². The second-order valence-electron chi connectivity index (χ2n) is 7.30. The van der Waals surface area contributed by atoms with Crippen molar-refractivity contribution in [3.8, 4) is 0 Å². The Morgan fingerprint density at radius 1 is 1.24 bits per heavy atom. The van der Waals surface area contributed by atoms with Crippen molar-refractivity contribution in [3.63, 3.8) is 0 Å². The average Bonchev–Trinajstić information content (AvgIpc) is 3.01. The highest BCUT2D eigenvalue weighted by Crippen LogP contribution is 2.22. The Bertz CT molecular complexity index is 734. The van der Waals surface area contributed by atoms with Crippen molar-refractivity contribution in [2.24, 2.45) is 0 Å². The van der Waals surface area contributed by atoms with Crippen LogP contribution in [0, 0.1) is 20.8 Å². The lowest BCUT2D eigenvalue weighted by molar-refractivity contribution is -0.134. The molecule has 1 fully saturated rings. The fourth-order valence-corrected chi connectivity index (χ4v) is 3.81. The molecular weight excluding hydrogens is 310 g/mol. The number of aromatic nitrogens is 2. The molecule has 4 nitrogen and oxygen atoms in total. The zero-order chi connectivity index (χ0) is 17.8. The van der Waals surface area contributed by atoms with Crippen LogP contribution in [-0.2, 0) is 17.8 Å². The molecule has 0 unspecified atom stereocenters. The third kappa shape index (κ3) is 4.30. The Kier molecular flexibility index (Phi) is 5.57. The average molecular weight is 339 g/mol. The number of carbonyl (C=O) groups excluding carboxylic acids is 1. The molecular formula is C21H29N3O. The lowest BCUT2D eigenvalue weighted by Crippen LogP contribution is -2.45. The van der Waals surface area contributed by atoms with Gasteiger partial charge in [0.25, 0.3) is 0 Å². The molecule has 0 radical (unpaired) electrons. The fourth-order valence-electron chi connectivity index (χ4n) is 3.81. The summed E-state index contributed by atoms with van der Waals surface area (Å²) in [6.07, 6.45) is 8.87. The van der Waals surface area contributed by atoms with E-state index in [1.807, 2.05) is 19.3 Å². The molecule has 1 aromatic carbocycles. The smallest absolute Gasteiger partial charge is 0.227 e. The summed E-state index contributed by atoms with van der Waals surface area (Å²) in [5, 5.41) is 0. The van der Waals surface area contributed by atoms with Gasteiger partial charge in [0.1, 0.15) is 5.82 Å². The SMILES string of the molecule is Cc1ccc(C)c(CC(=O)N2CCCC[C@H]2CCn2ccnc2C)c1. The van der Waals surface area contributed by atoms with Gasteiger partial charge in [0.15, 0.2) is 0 Å². The second kappa shape index (κ2) is 7.85. The first-order valence-corrected chi connectivity index (χ1v) is 9.38. The minimum absolute atomic E-state index is 0.278. The second-order valence-corrected chi connectivity index (χ2v) is 7.30. The van der Waals surface area contributed by atoms with Gasteiger partial charge in [0, 0.05) is 31.5 Å². The predicted molar refractivity (Wildman–Crippen MR) is 101 cm³/mol. The van der Waals surface area contributed by atoms with Crippen LogP contribution in [0.4, 0.5) is 0 Å². The maximum absolute atomic E-state index is 13.0. The molecule has 0 saturated carbocycles. The monoisotopic (exact) mass is 339 g/mol. The standard InChI is InChI=1S/C21H29N3O/c1-16-7-8-17(2)19(14-16)15-21(25)24-11-5-4-6-20(24)9-12-23-13-10-22-18(23)3/h7-8,10,13-14,20H,4-6,9,11-12,15H2,1-3H3/t20-/m0/s1. The summed E-state index contributed by atoms with van der Waals surface area (Å²) in [6, 6.07) is 6.74. The highest BCUT2D eigenvalue weighted by atomic mass is 16.2. The zero-order valence-electron chi connectivity index (χ0n) is 15.7. The summed E-state index contributed by atoms with van der Waals surface area (Å²) in [5.41, 5.74) is 3.60. The van der Waals surface area contributed by atoms with E-state index in [1.165, 1.54) is 23.1 Å². The number of carbonyl (C=O) groups is 1. The number of piperidine rings is 1. The molecule has 2 aromatic rings. The molecule has 134 valence electrons. The minimum Gasteiger partial charge on any atom is -0.339 e. The molecule has 0 spiro atoms. The number of hydrogen-bond acceptors (Lipinski definition) is 2. The molecule has 3 rings (SSSR count). The predicted octanol–water partition coefficient (Wildman–Crippen LogP) is 3.82. The minimum atomic E-state index is 0.278. The Labute approximate surface area is 150 Å². The number of nitrogens with zero attached hydrogens (tertiary/aromatic N) is 3. The number of benzene rings is 1. The largest absolute Gasteiger partial charge is 0.339 e. The first kappa shape index (κ1) is 17.7. The first-order valence-electron chi connectivity index (χ1n) is 9.38. The molecule has 4 heteroatoms. The highest BCUT2D eigenvalue weighted by Gasteiger charge is 2.26. The van der Waals surface area contributed by atoms with Gasteiger partial charge < -0.3 is 9.47 Å². The van der Waals surface area contributed by atoms with Gasteiger partial charge in [-0.25, -0.2) is 4.98 Å². The van der Waals surface area contributed by atoms with Crippen LogP contribution in [0.15, 0.2) is 30.6 Å². The van der Waals surface area contributed by atoms with E-state index in [1.54, 1.807) is 0 Å². The van der Waals surface area contributed by atoms with Gasteiger partial charge in [0.2, 0.25) is 5.91 Å². The molecule has 1 atom stereocenters. The van der Waals surface area contributed by atoms with E-state index in [0.717, 1.165) is 38.2 Å². The summed E-state index contributed by atoms with van der Waals surface area (Å²) in [4.78, 5) is 19.4. The van der Waals surface area contributed by atoms with Crippen LogP contribution in [0.2, 0.25) is 0 Å². The summed E-state index contributed by atoms with van der Waals surface area (Å²) < 4.78 is 2.18. The van der Waals surface area contributed by atoms with Gasteiger partial charge in [-0.15, -0.1) is 0 Å². The Morgan fingerprint density at radius 3 is 2.84 bits per heavy atom. The van der Waals surface area contributed by atoms with E-state index >= 15 is 0 Å². The fraction of sp³-hybridized carbons (Fsp3) is 0.524. The summed E-state index contributed by atoms with van der Waals surface area (Å²) in [5.74, 6) is 1.32. The molecule has 1 saturated heterocycles. The third-order valence-corrected chi connectivity index (χ3v) is 5.42. The third-order valence-electron chi connectivity index (χ3n) is 5.42. The number of hydrogen-bond donors (Lipinski definition) is 0. The Balaban J connectivity index is 1.66. The molecule has 0 N–H and O–H groups in total. The van der Waals surface area contributed by atoms with Crippen LogP contribution in [0.25, 0.3) is 0 Å². The number of aryl methyl sites for hydroxylation is 4. The van der Waals surface area contributed by atoms with E-state index in [0.29, 0.717) is 12.5 Å². The summed E-state index contributed by atoms with van der Waals surface area (Å²) >= 11 is 0. The van der Waals surface area contributed by atoms with Crippen LogP contribution in [-0.4, -0.2) is 32.9 Å². The molecule has 1 aliphatic rings. The van der Waals surface area contributed by atoms with E-state index in [-0.39, 0.29) is 5.91 Å². The molecule has 1 amide bonds. The van der Waals surface area contributed by atoms with Crippen LogP contribution in [0.1, 0.15) is 48.2 Å². The lowest BCUT2D eigenvalue weighted by Gasteiger charge is -2.36. The number of imidazole rings is 1. The zero-order valence-corrected chi connectivity index (χ0v) is 15.7. The van der Waals surface area contributed by atoms with Crippen LogP contribution in [0.3, 0.4) is 0 Å². The number of rotatable bonds is 5. The van der Waals surface area contributed by atoms with E-state index in [4.69, 9.17) is 0 Å². The van der Waals surface area contributed by atoms with Gasteiger partial charge in [0.05, 0.1) is 6.42 Å². The topological polar surface area (TPSA) is 38.1 Å². The molecule has 25 heavy (non-hydrogen) atoms. The molecule has 1 aromatic heterocycles. The first-order chi connectivity index (χ1) is 12.0. The maximum Gasteiger partial charge on any atom is 0.227 e. The van der Waals surface area contributed by atoms with Crippen molar-refractivity contribution in [2.45, 2.75) is 65.5 Å². The Morgan fingerprint density at radius 2 is 2.08 bits per heavy atom. The molecule has 1 aliphatic heterocycles. The maximum atomic E-state index is 13.0. The van der Waals surface area contributed by atoms with E-state index in [2.05, 4.69) is 46.5 Å². The lowest BCUT2D eigenvalue weighted by atomic mass is 9.97. The van der Waals surface area contributed by atoms with Crippen molar-refractivity contribution in [3.05, 3.63) is 53.1 Å². The number of likely N-dealkylation sites (tertiary alicyclic amines) is 1. The van der Waals surface area contributed by atoms with E-state index < -0.39 is 0 Å². The normalized spacial score (nSPS) is 17.7. The van der Waals surface area contributed by atoms with Gasteiger partial charge in [-0.1, -0.05) is 23.8 Å². The van der Waals surface area contributed by atoms with Crippen molar-refractivity contribution >= 4 is 5.91 Å². The van der Waals surface area contributed by atoms with Gasteiger partial charge in [-0.2, -0.15) is 0 Å². The van der Waals surface area contributed by atoms with Crippen LogP contribution < -0.4 is 0 Å². The van der Waals surface area contributed by atoms with Crippen molar-refractivity contribution in [2.75, 3.05) is 6.54 Å². The van der Waals surface area contributed by atoms with Crippen LogP contribution in [0.5, 0.6) is 0 Å².